The van der Waals surface area contributed by atoms with Crippen LogP contribution in [0.1, 0.15) is 52.9 Å². The molecule has 5 atom stereocenters. The third-order valence-corrected chi connectivity index (χ3v) is 5.53. The first kappa shape index (κ1) is 13.4. The number of aliphatic hydroxyl groups is 2. The lowest BCUT2D eigenvalue weighted by Crippen LogP contribution is -2.41. The Bertz CT molecular complexity index is 416. The summed E-state index contributed by atoms with van der Waals surface area (Å²) in [6.07, 6.45) is 3.24. The smallest absolute Gasteiger partial charge is 0.308 e. The largest absolute Gasteiger partial charge is 0.458 e. The molecular weight excluding hydrogens is 244 g/mol. The Morgan fingerprint density at radius 1 is 1.21 bits per heavy atom. The fraction of sp³-hybridized carbons (Fsp3) is 0.933. The van der Waals surface area contributed by atoms with Crippen LogP contribution < -0.4 is 0 Å². The van der Waals surface area contributed by atoms with E-state index >= 15 is 0 Å². The number of ether oxygens (including phenoxy) is 1. The van der Waals surface area contributed by atoms with Gasteiger partial charge in [-0.25, -0.2) is 0 Å². The summed E-state index contributed by atoms with van der Waals surface area (Å²) in [6, 6.07) is 0. The van der Waals surface area contributed by atoms with Crippen molar-refractivity contribution >= 4 is 5.97 Å². The highest BCUT2D eigenvalue weighted by atomic mass is 16.6. The summed E-state index contributed by atoms with van der Waals surface area (Å²) in [4.78, 5) is 12.0. The molecule has 0 aromatic carbocycles. The fourth-order valence-electron chi connectivity index (χ4n) is 4.67. The topological polar surface area (TPSA) is 66.8 Å². The van der Waals surface area contributed by atoms with Crippen molar-refractivity contribution in [2.24, 2.45) is 17.8 Å². The summed E-state index contributed by atoms with van der Waals surface area (Å²) in [5.74, 6) is -0.138. The second kappa shape index (κ2) is 3.73. The molecule has 3 rings (SSSR count). The van der Waals surface area contributed by atoms with Gasteiger partial charge in [0.05, 0.1) is 17.1 Å². The summed E-state index contributed by atoms with van der Waals surface area (Å²) in [6.45, 7) is 5.49. The Kier molecular flexibility index (Phi) is 2.63. The summed E-state index contributed by atoms with van der Waals surface area (Å²) in [5, 5.41) is 21.0. The van der Waals surface area contributed by atoms with E-state index in [0.717, 1.165) is 6.42 Å². The molecule has 3 saturated carbocycles. The lowest BCUT2D eigenvalue weighted by molar-refractivity contribution is -0.169. The van der Waals surface area contributed by atoms with Gasteiger partial charge in [-0.2, -0.15) is 0 Å². The first-order valence-corrected chi connectivity index (χ1v) is 7.35. The Hall–Kier alpha value is -0.610. The molecule has 0 heterocycles. The zero-order valence-corrected chi connectivity index (χ0v) is 12.0. The Balaban J connectivity index is 1.88. The number of hydrogen-bond donors (Lipinski definition) is 2. The molecule has 0 amide bonds. The predicted octanol–water partition coefficient (Wildman–Crippen LogP) is 1.63. The summed E-state index contributed by atoms with van der Waals surface area (Å²) in [7, 11) is 0. The van der Waals surface area contributed by atoms with E-state index in [1.807, 2.05) is 20.8 Å². The molecule has 2 N–H and O–H groups in total. The highest BCUT2D eigenvalue weighted by Gasteiger charge is 2.70. The number of rotatable bonds is 2. The van der Waals surface area contributed by atoms with Crippen LogP contribution in [0.2, 0.25) is 0 Å². The summed E-state index contributed by atoms with van der Waals surface area (Å²) < 4.78 is 5.81. The molecule has 0 spiro atoms. The van der Waals surface area contributed by atoms with Gasteiger partial charge in [0, 0.05) is 12.3 Å². The van der Waals surface area contributed by atoms with Crippen molar-refractivity contribution in [3.8, 4) is 0 Å². The van der Waals surface area contributed by atoms with Gasteiger partial charge in [-0.3, -0.25) is 4.79 Å². The van der Waals surface area contributed by atoms with E-state index in [0.29, 0.717) is 25.7 Å². The second-order valence-electron chi connectivity index (χ2n) is 7.54. The van der Waals surface area contributed by atoms with Crippen LogP contribution in [0.25, 0.3) is 0 Å². The Morgan fingerprint density at radius 2 is 1.84 bits per heavy atom. The zero-order valence-electron chi connectivity index (χ0n) is 12.0. The number of esters is 1. The number of fused-ring (bicyclic) bond motifs is 5. The van der Waals surface area contributed by atoms with Gasteiger partial charge in [-0.1, -0.05) is 13.8 Å². The molecule has 4 nitrogen and oxygen atoms in total. The molecule has 0 aromatic rings. The van der Waals surface area contributed by atoms with Gasteiger partial charge in [-0.05, 0) is 38.5 Å². The first-order valence-electron chi connectivity index (χ1n) is 7.35. The van der Waals surface area contributed by atoms with Crippen LogP contribution in [0.4, 0.5) is 0 Å². The van der Waals surface area contributed by atoms with Crippen molar-refractivity contribution in [1.82, 2.24) is 0 Å². The quantitative estimate of drug-likeness (QED) is 0.747. The van der Waals surface area contributed by atoms with E-state index in [4.69, 9.17) is 4.74 Å². The lowest BCUT2D eigenvalue weighted by atomic mass is 9.77. The molecule has 2 bridgehead atoms. The lowest BCUT2D eigenvalue weighted by Gasteiger charge is -2.36. The van der Waals surface area contributed by atoms with E-state index in [9.17, 15) is 15.0 Å². The molecule has 0 aromatic heterocycles. The minimum Gasteiger partial charge on any atom is -0.458 e. The number of carbonyl (C=O) groups is 1. The van der Waals surface area contributed by atoms with Crippen molar-refractivity contribution in [3.05, 3.63) is 0 Å². The molecule has 3 aliphatic rings. The maximum absolute atomic E-state index is 12.0. The maximum atomic E-state index is 12.0. The van der Waals surface area contributed by atoms with Crippen molar-refractivity contribution in [2.75, 3.05) is 0 Å². The predicted molar refractivity (Wildman–Crippen MR) is 69.3 cm³/mol. The van der Waals surface area contributed by atoms with E-state index in [1.165, 1.54) is 0 Å². The number of carbonyl (C=O) groups excluding carboxylic acids is 1. The van der Waals surface area contributed by atoms with Crippen LogP contribution >= 0.6 is 0 Å². The van der Waals surface area contributed by atoms with Crippen molar-refractivity contribution in [1.29, 1.82) is 0 Å². The molecule has 0 radical (unpaired) electrons. The Morgan fingerprint density at radius 3 is 2.47 bits per heavy atom. The molecule has 3 aliphatic carbocycles. The van der Waals surface area contributed by atoms with Crippen molar-refractivity contribution in [3.63, 3.8) is 0 Å². The monoisotopic (exact) mass is 268 g/mol. The van der Waals surface area contributed by atoms with E-state index in [-0.39, 0.29) is 23.7 Å². The van der Waals surface area contributed by atoms with Crippen LogP contribution in [0.15, 0.2) is 0 Å². The highest BCUT2D eigenvalue weighted by Crippen LogP contribution is 2.66. The third-order valence-electron chi connectivity index (χ3n) is 5.53. The molecular formula is C15H24O4. The molecule has 19 heavy (non-hydrogen) atoms. The fourth-order valence-corrected chi connectivity index (χ4v) is 4.67. The van der Waals surface area contributed by atoms with Crippen LogP contribution in [-0.2, 0) is 9.53 Å². The van der Waals surface area contributed by atoms with Gasteiger partial charge in [0.15, 0.2) is 0 Å². The molecule has 108 valence electrons. The third kappa shape index (κ3) is 1.83. The zero-order chi connectivity index (χ0) is 14.1. The minimum absolute atomic E-state index is 0.0798. The van der Waals surface area contributed by atoms with E-state index in [2.05, 4.69) is 0 Å². The van der Waals surface area contributed by atoms with Crippen LogP contribution in [0.3, 0.4) is 0 Å². The highest BCUT2D eigenvalue weighted by molar-refractivity contribution is 5.72. The van der Waals surface area contributed by atoms with Crippen molar-refractivity contribution in [2.45, 2.75) is 69.7 Å². The van der Waals surface area contributed by atoms with Gasteiger partial charge >= 0.3 is 5.97 Å². The van der Waals surface area contributed by atoms with Crippen LogP contribution in [0.5, 0.6) is 0 Å². The van der Waals surface area contributed by atoms with Crippen LogP contribution in [-0.4, -0.2) is 33.0 Å². The average Bonchev–Trinajstić information content (AvgIpc) is 2.84. The molecule has 3 fully saturated rings. The molecule has 5 unspecified atom stereocenters. The summed E-state index contributed by atoms with van der Waals surface area (Å²) in [5.41, 5.74) is -1.99. The maximum Gasteiger partial charge on any atom is 0.308 e. The molecule has 0 saturated heterocycles. The van der Waals surface area contributed by atoms with Gasteiger partial charge in [0.2, 0.25) is 0 Å². The minimum atomic E-state index is -0.734. The molecule has 0 aliphatic heterocycles. The summed E-state index contributed by atoms with van der Waals surface area (Å²) >= 11 is 0. The Labute approximate surface area is 114 Å². The standard InChI is InChI=1S/C15H24O4/c1-9(2)12(16)19-15-5-4-14(18,8-15)10-6-13(3,17)7-11(10)15/h9-11,17-18H,4-8H2,1-3H3. The normalized spacial score (nSPS) is 51.7. The first-order chi connectivity index (χ1) is 8.68. The van der Waals surface area contributed by atoms with E-state index in [1.54, 1.807) is 0 Å². The van der Waals surface area contributed by atoms with Gasteiger partial charge in [-0.15, -0.1) is 0 Å². The average molecular weight is 268 g/mol. The number of hydrogen-bond acceptors (Lipinski definition) is 4. The van der Waals surface area contributed by atoms with E-state index < -0.39 is 16.8 Å². The van der Waals surface area contributed by atoms with Crippen LogP contribution in [0, 0.1) is 17.8 Å². The van der Waals surface area contributed by atoms with Gasteiger partial charge in [0.1, 0.15) is 5.60 Å². The van der Waals surface area contributed by atoms with Gasteiger partial charge in [0.25, 0.3) is 0 Å². The van der Waals surface area contributed by atoms with Crippen molar-refractivity contribution < 1.29 is 19.7 Å². The molecule has 4 heteroatoms. The second-order valence-corrected chi connectivity index (χ2v) is 7.54. The SMILES string of the molecule is CC(C)C(=O)OC12CCC(O)(C1)C1CC(C)(O)CC12. The van der Waals surface area contributed by atoms with Gasteiger partial charge < -0.3 is 14.9 Å².